The molecule has 7 heterocycles. The van der Waals surface area contributed by atoms with Gasteiger partial charge in [0.2, 0.25) is 5.96 Å². The molecule has 8 bridgehead atoms. The standard InChI is InChI=1S/C78H99N9O7/c1-81-41-56-38-78-70-20-19-49-27-58(90)34-59(91)30-55(44-88)62-35-69(94-45-89)68(93)31-52(62)29-54-43-85-72(79)36-63(54)50(26-48-12-5-11-47(25-48)18-17-46-9-3-2-4-10-46)13-7-23-84-76(80)86-57-32-64(56)73(78)65(33-57)61-15-6-16-67(92)75(61)87-71(78)40-77(70,37-49)39-66-60-21-24-82-42-53(60)28-51-14-8-22-83-74(51)66/h2-6,8-12,14-15,25,30-31,35-36,43,49-51,53,56-57,60,64,66-67,70-75,81-83,85,87-89,92-93H,13,16-22,24,26-29,32-34,37-42,44-45,79H2,1H3,(H3,80,84,86)/b55-30+/t49-,50-,51+,53+,56+,57+,60-,64-,66+,67-,70-,71+,72?,73+,74-,75+,77-,78-/m1/s1. The van der Waals surface area contributed by atoms with E-state index in [4.69, 9.17) is 21.2 Å². The molecule has 14 N–H and O–H groups in total. The number of piperidine rings is 1. The van der Waals surface area contributed by atoms with Crippen LogP contribution in [0.2, 0.25) is 0 Å². The van der Waals surface area contributed by atoms with Gasteiger partial charge in [0.1, 0.15) is 5.78 Å². The van der Waals surface area contributed by atoms with E-state index in [2.05, 4.69) is 124 Å². The molecule has 13 aliphatic rings. The van der Waals surface area contributed by atoms with Crippen molar-refractivity contribution in [3.8, 4) is 23.5 Å². The average Bonchev–Trinajstić information content (AvgIpc) is 1.50. The minimum Gasteiger partial charge on any atom is -0.504 e. The summed E-state index contributed by atoms with van der Waals surface area (Å²) in [4.78, 5) is 34.3. The molecule has 6 fully saturated rings. The molecule has 16 rings (SSSR count). The van der Waals surface area contributed by atoms with Gasteiger partial charge in [-0.2, -0.15) is 4.99 Å². The highest BCUT2D eigenvalue weighted by atomic mass is 16.6. The van der Waals surface area contributed by atoms with Gasteiger partial charge in [0.15, 0.2) is 24.1 Å². The molecule has 0 radical (unpaired) electrons. The number of nitrogens with two attached hydrogens (primary N) is 2. The van der Waals surface area contributed by atoms with E-state index in [1.807, 2.05) is 18.3 Å². The molecule has 18 atom stereocenters. The van der Waals surface area contributed by atoms with Crippen LogP contribution < -0.4 is 48.1 Å². The van der Waals surface area contributed by atoms with Crippen LogP contribution in [0.25, 0.3) is 5.57 Å². The predicted molar refractivity (Wildman–Crippen MR) is 367 cm³/mol. The third kappa shape index (κ3) is 12.9. The minimum atomic E-state index is -0.714. The molecular formula is C78H99N9O7. The number of ketones is 2. The molecular weight excluding hydrogens is 1170 g/mol. The molecule has 0 amide bonds. The number of benzene rings is 3. The van der Waals surface area contributed by atoms with Crippen molar-refractivity contribution in [2.45, 2.75) is 152 Å². The fraction of sp³-hybridized carbons (Fsp3) is 0.551. The number of allylic oxidation sites excluding steroid dienone is 3. The Balaban J connectivity index is 0.863. The molecule has 16 nitrogen and oxygen atoms in total. The summed E-state index contributed by atoms with van der Waals surface area (Å²) < 4.78 is 5.53. The lowest BCUT2D eigenvalue weighted by Crippen LogP contribution is -2.57. The van der Waals surface area contributed by atoms with Crippen molar-refractivity contribution in [2.24, 2.45) is 86.5 Å². The molecule has 16 heteroatoms. The summed E-state index contributed by atoms with van der Waals surface area (Å²) in [5, 5.41) is 68.2. The molecule has 5 saturated carbocycles. The SMILES string of the molecule is CNC[C@@H]1C[C@]23[C@@H]4C[C@]5(C[C@H]6[C@@H]7CCNC[C@@H]7C[C@@H]7C=CCN[C@@H]67)C[C@H](CC[C@H]52)CC(=O)CC(=O)/C=C(\CO)c2cc(OCO)c(O)cc2CC2=CNC(N)C=C2[C@@H](Cc2cccc(CCc5ccccc5)c2)CC#CN=C(N)N[C@@H]2CC(=C5C=CC[C@@H](O)[C@H]5N4)[C@@H]3[C@@H]1C2. The lowest BCUT2D eigenvalue weighted by molar-refractivity contribution is -0.126. The Kier molecular flexibility index (Phi) is 19.1. The van der Waals surface area contributed by atoms with E-state index < -0.39 is 31.5 Å². The first kappa shape index (κ1) is 64.7. The Labute approximate surface area is 555 Å². The number of aliphatic hydroxyl groups excluding tert-OH is 3. The number of fused-ring (bicyclic) bond motifs is 3. The lowest BCUT2D eigenvalue weighted by atomic mass is 9.50. The van der Waals surface area contributed by atoms with E-state index >= 15 is 0 Å². The van der Waals surface area contributed by atoms with Crippen molar-refractivity contribution in [3.05, 3.63) is 159 Å². The molecule has 6 aliphatic carbocycles. The van der Waals surface area contributed by atoms with Crippen LogP contribution in [0.4, 0.5) is 0 Å². The van der Waals surface area contributed by atoms with Gasteiger partial charge in [0, 0.05) is 49.8 Å². The summed E-state index contributed by atoms with van der Waals surface area (Å²) in [5.41, 5.74) is 23.0. The predicted octanol–water partition coefficient (Wildman–Crippen LogP) is 7.33. The molecule has 94 heavy (non-hydrogen) atoms. The van der Waals surface area contributed by atoms with E-state index in [1.54, 1.807) is 12.1 Å². The van der Waals surface area contributed by atoms with E-state index in [9.17, 15) is 30.0 Å². The quantitative estimate of drug-likeness (QED) is 0.0367. The van der Waals surface area contributed by atoms with Gasteiger partial charge in [-0.25, -0.2) is 0 Å². The maximum absolute atomic E-state index is 14.9. The fourth-order valence-corrected chi connectivity index (χ4v) is 21.5. The number of guanidine groups is 1. The molecule has 498 valence electrons. The topological polar surface area (TPSA) is 261 Å². The molecule has 3 aromatic carbocycles. The number of aryl methyl sites for hydroxylation is 2. The first-order valence-corrected chi connectivity index (χ1v) is 35.5. The smallest absolute Gasteiger partial charge is 0.202 e. The number of aromatic hydroxyl groups is 1. The van der Waals surface area contributed by atoms with Crippen LogP contribution >= 0.6 is 0 Å². The maximum Gasteiger partial charge on any atom is 0.202 e. The van der Waals surface area contributed by atoms with Crippen LogP contribution in [0.15, 0.2) is 137 Å². The number of hydrogen-bond donors (Lipinski definition) is 12. The summed E-state index contributed by atoms with van der Waals surface area (Å²) >= 11 is 0. The van der Waals surface area contributed by atoms with Gasteiger partial charge in [-0.05, 0) is 267 Å². The van der Waals surface area contributed by atoms with Gasteiger partial charge in [-0.1, -0.05) is 90.4 Å². The summed E-state index contributed by atoms with van der Waals surface area (Å²) in [5.74, 6) is 6.37. The summed E-state index contributed by atoms with van der Waals surface area (Å²) in [6.07, 6.45) is 27.3. The first-order valence-electron chi connectivity index (χ1n) is 35.5. The number of nitrogens with one attached hydrogen (secondary N) is 6. The summed E-state index contributed by atoms with van der Waals surface area (Å²) in [7, 11) is 2.11. The average molecular weight is 1270 g/mol. The third-order valence-electron chi connectivity index (χ3n) is 24.8. The number of aliphatic imine (C=N–C) groups is 1. The normalized spacial score (nSPS) is 36.7. The van der Waals surface area contributed by atoms with E-state index in [1.165, 1.54) is 34.8 Å². The van der Waals surface area contributed by atoms with Gasteiger partial charge in [-0.15, -0.1) is 0 Å². The molecule has 7 aliphatic heterocycles. The van der Waals surface area contributed by atoms with Gasteiger partial charge < -0.3 is 68.5 Å². The Morgan fingerprint density at radius 2 is 1.78 bits per heavy atom. The minimum absolute atomic E-state index is 0.0152. The second kappa shape index (κ2) is 27.8. The number of rotatable bonds is 12. The molecule has 1 spiro atoms. The lowest BCUT2D eigenvalue weighted by Gasteiger charge is -2.56. The van der Waals surface area contributed by atoms with Crippen molar-refractivity contribution in [1.29, 1.82) is 0 Å². The monoisotopic (exact) mass is 1270 g/mol. The van der Waals surface area contributed by atoms with Crippen molar-refractivity contribution >= 4 is 23.1 Å². The molecule has 3 aromatic rings. The Morgan fingerprint density at radius 1 is 0.926 bits per heavy atom. The Bertz CT molecular complexity index is 3620. The largest absolute Gasteiger partial charge is 0.504 e. The highest BCUT2D eigenvalue weighted by Crippen LogP contribution is 2.76. The number of Topliss-reactive ketones (excluding diaryl/α,β-unsaturated/α-hetero) is 1. The molecule has 1 saturated heterocycles. The first-order chi connectivity index (χ1) is 45.8. The van der Waals surface area contributed by atoms with Crippen molar-refractivity contribution in [3.63, 3.8) is 0 Å². The number of aliphatic hydroxyl groups is 3. The number of nitrogens with zero attached hydrogens (tertiary/aromatic N) is 1. The van der Waals surface area contributed by atoms with Crippen LogP contribution in [-0.4, -0.2) is 121 Å². The third-order valence-corrected chi connectivity index (χ3v) is 24.8. The van der Waals surface area contributed by atoms with Crippen molar-refractivity contribution in [1.82, 2.24) is 31.9 Å². The fourth-order valence-electron chi connectivity index (χ4n) is 21.5. The molecule has 0 aromatic heterocycles. The van der Waals surface area contributed by atoms with Gasteiger partial charge >= 0.3 is 0 Å². The zero-order valence-corrected chi connectivity index (χ0v) is 54.7. The Morgan fingerprint density at radius 3 is 2.63 bits per heavy atom. The highest BCUT2D eigenvalue weighted by Gasteiger charge is 2.72. The second-order valence-electron chi connectivity index (χ2n) is 30.1. The van der Waals surface area contributed by atoms with Crippen LogP contribution in [0.5, 0.6) is 11.5 Å². The number of hydrogen-bond acceptors (Lipinski definition) is 16. The van der Waals surface area contributed by atoms with Gasteiger partial charge in [-0.3, -0.25) is 9.59 Å². The van der Waals surface area contributed by atoms with Crippen molar-refractivity contribution in [2.75, 3.05) is 46.6 Å². The van der Waals surface area contributed by atoms with E-state index in [0.717, 1.165) is 114 Å². The van der Waals surface area contributed by atoms with Crippen LogP contribution in [-0.2, 0) is 35.3 Å². The van der Waals surface area contributed by atoms with Crippen molar-refractivity contribution < 1.29 is 34.8 Å². The second-order valence-corrected chi connectivity index (χ2v) is 30.1. The van der Waals surface area contributed by atoms with Crippen LogP contribution in [0.1, 0.15) is 118 Å². The van der Waals surface area contributed by atoms with E-state index in [0.29, 0.717) is 84.3 Å². The highest BCUT2D eigenvalue weighted by molar-refractivity contribution is 6.08. The number of dihydropyridines is 1. The Hall–Kier alpha value is -6.65. The number of ether oxygens (including phenoxy) is 1. The van der Waals surface area contributed by atoms with E-state index in [-0.39, 0.29) is 88.4 Å². The zero-order chi connectivity index (χ0) is 64.7. The van der Waals surface area contributed by atoms with Gasteiger partial charge in [0.05, 0.1) is 31.3 Å². The number of phenols is 1. The number of carbonyl (C=O) groups excluding carboxylic acids is 2. The number of phenolic OH excluding ortho intramolecular Hbond substituents is 1. The van der Waals surface area contributed by atoms with Crippen LogP contribution in [0.3, 0.4) is 0 Å². The summed E-state index contributed by atoms with van der Waals surface area (Å²) in [6.45, 7) is 2.61. The number of carbonyl (C=O) groups is 2. The molecule has 1 unspecified atom stereocenters. The zero-order valence-electron chi connectivity index (χ0n) is 54.7. The van der Waals surface area contributed by atoms with Crippen LogP contribution in [0, 0.1) is 82.0 Å². The van der Waals surface area contributed by atoms with Gasteiger partial charge in [0.25, 0.3) is 0 Å². The summed E-state index contributed by atoms with van der Waals surface area (Å²) in [6, 6.07) is 25.8. The maximum atomic E-state index is 14.9.